The molecular formula is C3H8KN2O4P. The third-order valence-corrected chi connectivity index (χ3v) is 0.406. The zero-order valence-electron chi connectivity index (χ0n) is 5.94. The van der Waals surface area contributed by atoms with Gasteiger partial charge in [0.1, 0.15) is 8.25 Å². The van der Waals surface area contributed by atoms with Crippen LogP contribution < -0.4 is 56.3 Å². The molecule has 0 amide bonds. The molecule has 1 atom stereocenters. The van der Waals surface area contributed by atoms with Crippen LogP contribution in [0, 0.1) is 0 Å². The Labute approximate surface area is 107 Å². The van der Waals surface area contributed by atoms with E-state index in [1.165, 1.54) is 0 Å². The van der Waals surface area contributed by atoms with Crippen molar-refractivity contribution < 1.29 is 71.2 Å². The number of aromatic amines is 1. The monoisotopic (exact) mass is 206 g/mol. The molecule has 1 rings (SSSR count). The van der Waals surface area contributed by atoms with Crippen LogP contribution in [-0.4, -0.2) is 20.6 Å². The second-order valence-electron chi connectivity index (χ2n) is 1.03. The van der Waals surface area contributed by atoms with Gasteiger partial charge in [0.15, 0.2) is 0 Å². The van der Waals surface area contributed by atoms with Crippen molar-refractivity contribution in [3.8, 4) is 0 Å². The van der Waals surface area contributed by atoms with E-state index in [9.17, 15) is 0 Å². The largest absolute Gasteiger partial charge is 1.00 e. The molecule has 6 nitrogen and oxygen atoms in total. The Balaban J connectivity index is -0.000000101. The Hall–Kier alpha value is 0.956. The Bertz CT molecular complexity index is 137. The molecule has 0 aromatic carbocycles. The summed E-state index contributed by atoms with van der Waals surface area (Å²) in [6.07, 6.45) is 3.46. The second kappa shape index (κ2) is 13.5. The fourth-order valence-corrected chi connectivity index (χ4v) is 0.215. The van der Waals surface area contributed by atoms with Crippen LogP contribution in [0.25, 0.3) is 0 Å². The van der Waals surface area contributed by atoms with Crippen LogP contribution in [0.2, 0.25) is 0 Å². The molecule has 0 spiro atoms. The predicted octanol–water partition coefficient (Wildman–Crippen LogP) is -4.68. The molecule has 4 N–H and O–H groups in total. The zero-order chi connectivity index (χ0) is 7.11. The summed E-state index contributed by atoms with van der Waals surface area (Å²) in [4.78, 5) is 15.7. The Morgan fingerprint density at radius 2 is 2.09 bits per heavy atom. The minimum absolute atomic E-state index is 0. The summed E-state index contributed by atoms with van der Waals surface area (Å²) in [5.41, 5.74) is 0. The van der Waals surface area contributed by atoms with Crippen molar-refractivity contribution >= 4 is 8.25 Å². The average molecular weight is 206 g/mol. The third kappa shape index (κ3) is 24.8. The summed E-state index contributed by atoms with van der Waals surface area (Å²) in [7, 11) is -3.38. The molecule has 11 heavy (non-hydrogen) atoms. The first-order valence-corrected chi connectivity index (χ1v) is 3.33. The van der Waals surface area contributed by atoms with Crippen molar-refractivity contribution in [1.29, 1.82) is 0 Å². The van der Waals surface area contributed by atoms with Gasteiger partial charge in [-0.15, -0.1) is 0 Å². The topological polar surface area (TPSA) is 121 Å². The number of H-pyrrole nitrogens is 1. The number of aromatic nitrogens is 2. The molecule has 1 aromatic heterocycles. The van der Waals surface area contributed by atoms with E-state index in [1.54, 1.807) is 12.4 Å². The van der Waals surface area contributed by atoms with E-state index in [1.807, 2.05) is 6.07 Å². The number of hydrogen-bond acceptors (Lipinski definition) is 3. The smallest absolute Gasteiger partial charge is 0.781 e. The maximum absolute atomic E-state index is 8.63. The quantitative estimate of drug-likeness (QED) is 0.327. The van der Waals surface area contributed by atoms with Crippen molar-refractivity contribution in [3.63, 3.8) is 0 Å². The van der Waals surface area contributed by atoms with E-state index in [4.69, 9.17) is 14.4 Å². The summed E-state index contributed by atoms with van der Waals surface area (Å²) in [6.45, 7) is 0. The van der Waals surface area contributed by atoms with Crippen LogP contribution in [0.1, 0.15) is 0 Å². The number of rotatable bonds is 0. The molecule has 1 aromatic rings. The second-order valence-corrected chi connectivity index (χ2v) is 1.56. The Morgan fingerprint density at radius 1 is 1.64 bits per heavy atom. The van der Waals surface area contributed by atoms with E-state index < -0.39 is 8.25 Å². The normalized spacial score (nSPS) is 9.27. The fraction of sp³-hybridized carbons (Fsp3) is 0. The molecule has 0 saturated heterocycles. The van der Waals surface area contributed by atoms with Gasteiger partial charge in [-0.05, 0) is 6.07 Å². The molecule has 0 saturated carbocycles. The van der Waals surface area contributed by atoms with E-state index in [-0.39, 0.29) is 56.9 Å². The number of nitrogens with one attached hydrogen (secondary N) is 1. The van der Waals surface area contributed by atoms with Gasteiger partial charge in [0.05, 0.1) is 0 Å². The van der Waals surface area contributed by atoms with Gasteiger partial charge in [-0.3, -0.25) is 5.10 Å². The number of nitrogens with zero attached hydrogens (tertiary/aromatic N) is 1. The minimum atomic E-state index is -3.38. The van der Waals surface area contributed by atoms with Gasteiger partial charge in [-0.2, -0.15) is 5.10 Å². The van der Waals surface area contributed by atoms with Crippen LogP contribution in [0.5, 0.6) is 0 Å². The van der Waals surface area contributed by atoms with Gasteiger partial charge in [-0.25, -0.2) is 0 Å². The summed E-state index contributed by atoms with van der Waals surface area (Å²) < 4.78 is 8.63. The minimum Gasteiger partial charge on any atom is -0.781 e. The summed E-state index contributed by atoms with van der Waals surface area (Å²) in [6, 6.07) is 1.83. The van der Waals surface area contributed by atoms with Crippen molar-refractivity contribution in [1.82, 2.24) is 10.2 Å². The van der Waals surface area contributed by atoms with Gasteiger partial charge in [0, 0.05) is 12.4 Å². The molecule has 0 radical (unpaired) electrons. The predicted molar refractivity (Wildman–Crippen MR) is 33.4 cm³/mol. The van der Waals surface area contributed by atoms with Crippen molar-refractivity contribution in [2.45, 2.75) is 0 Å². The van der Waals surface area contributed by atoms with E-state index in [0.29, 0.717) is 0 Å². The van der Waals surface area contributed by atoms with E-state index in [0.717, 1.165) is 0 Å². The van der Waals surface area contributed by atoms with Gasteiger partial charge in [-0.1, -0.05) is 0 Å². The van der Waals surface area contributed by atoms with Crippen molar-refractivity contribution in [2.75, 3.05) is 0 Å². The van der Waals surface area contributed by atoms with Crippen LogP contribution >= 0.6 is 8.25 Å². The van der Waals surface area contributed by atoms with Gasteiger partial charge >= 0.3 is 51.4 Å². The molecular weight excluding hydrogens is 198 g/mol. The molecule has 0 aliphatic heterocycles. The number of hydrogen-bond donors (Lipinski definition) is 2. The van der Waals surface area contributed by atoms with Crippen LogP contribution in [0.15, 0.2) is 18.5 Å². The average Bonchev–Trinajstić information content (AvgIpc) is 2.11. The van der Waals surface area contributed by atoms with Crippen molar-refractivity contribution in [2.24, 2.45) is 0 Å². The maximum atomic E-state index is 8.63. The standard InChI is InChI=1S/C3H4N2.K.H3O3P.H2O/c1-2-4-5-3-1;;1-4(2)3;/h1-3H,(H,4,5);;4H,(H2,1,2,3);1H2/q;+1;;/p-1. The first kappa shape index (κ1) is 17.9. The summed E-state index contributed by atoms with van der Waals surface area (Å²) in [5.74, 6) is 0. The maximum Gasteiger partial charge on any atom is 1.00 e. The van der Waals surface area contributed by atoms with Gasteiger partial charge < -0.3 is 19.8 Å². The summed E-state index contributed by atoms with van der Waals surface area (Å²) >= 11 is 0. The molecule has 0 bridgehead atoms. The van der Waals surface area contributed by atoms with Gasteiger partial charge in [0.2, 0.25) is 0 Å². The van der Waals surface area contributed by atoms with Crippen molar-refractivity contribution in [3.05, 3.63) is 18.5 Å². The SMILES string of the molecule is O.O=[PH]([O-])O.[K+].c1cn[nH]c1. The molecule has 1 unspecified atom stereocenters. The first-order chi connectivity index (χ1) is 4.23. The van der Waals surface area contributed by atoms with E-state index in [2.05, 4.69) is 10.2 Å². The molecule has 8 heteroatoms. The molecule has 0 aliphatic rings. The first-order valence-electron chi connectivity index (χ1n) is 2.07. The molecule has 0 fully saturated rings. The van der Waals surface area contributed by atoms with E-state index >= 15 is 0 Å². The van der Waals surface area contributed by atoms with Crippen LogP contribution in [-0.2, 0) is 4.57 Å². The molecule has 60 valence electrons. The summed E-state index contributed by atoms with van der Waals surface area (Å²) in [5, 5.41) is 6.21. The van der Waals surface area contributed by atoms with Gasteiger partial charge in [0.25, 0.3) is 0 Å². The van der Waals surface area contributed by atoms with Crippen LogP contribution in [0.3, 0.4) is 0 Å². The van der Waals surface area contributed by atoms with Crippen LogP contribution in [0.4, 0.5) is 0 Å². The molecule has 0 aliphatic carbocycles. The third-order valence-electron chi connectivity index (χ3n) is 0.406. The Morgan fingerprint density at radius 3 is 2.18 bits per heavy atom. The zero-order valence-corrected chi connectivity index (χ0v) is 10.1. The Kier molecular flexibility index (Phi) is 22.0. The fourth-order valence-electron chi connectivity index (χ4n) is 0.215. The molecule has 1 heterocycles.